The Labute approximate surface area is 136 Å². The maximum absolute atomic E-state index is 11.9. The number of hydrogen-bond acceptors (Lipinski definition) is 3. The van der Waals surface area contributed by atoms with Crippen molar-refractivity contribution in [2.24, 2.45) is 0 Å². The van der Waals surface area contributed by atoms with E-state index in [1.54, 1.807) is 0 Å². The van der Waals surface area contributed by atoms with Gasteiger partial charge in [0, 0.05) is 12.8 Å². The van der Waals surface area contributed by atoms with E-state index in [4.69, 9.17) is 4.74 Å². The Morgan fingerprint density at radius 1 is 0.957 bits per heavy atom. The van der Waals surface area contributed by atoms with Crippen molar-refractivity contribution in [2.45, 2.75) is 25.8 Å². The summed E-state index contributed by atoms with van der Waals surface area (Å²) in [4.78, 5) is 23.2. The van der Waals surface area contributed by atoms with Gasteiger partial charge in [-0.3, -0.25) is 4.79 Å². The van der Waals surface area contributed by atoms with Gasteiger partial charge in [-0.1, -0.05) is 61.5 Å². The first-order valence-electron chi connectivity index (χ1n) is 7.53. The molecule has 4 heteroatoms. The number of rotatable bonds is 5. The zero-order chi connectivity index (χ0) is 16.8. The lowest BCUT2D eigenvalue weighted by Crippen LogP contribution is -2.43. The molecule has 2 atom stereocenters. The first-order valence-corrected chi connectivity index (χ1v) is 7.53. The van der Waals surface area contributed by atoms with Crippen LogP contribution in [0.5, 0.6) is 0 Å². The van der Waals surface area contributed by atoms with Crippen LogP contribution in [0.1, 0.15) is 25.3 Å². The molecule has 2 aromatic rings. The average molecular weight is 311 g/mol. The minimum absolute atomic E-state index is 0.184. The number of carbonyl (C=O) groups is 2. The molecule has 0 fully saturated rings. The standard InChI is InChI=1S/C19H21NO3/c1-13(18(19(22)23-3)20-14(2)21)15-9-11-17(12-10-15)16-7-5-4-6-8-16/h4-13,18H,1-3H3,(H,20,21)/t13-,18-/m0/s1. The van der Waals surface area contributed by atoms with Crippen LogP contribution in [-0.4, -0.2) is 25.0 Å². The van der Waals surface area contributed by atoms with E-state index in [1.165, 1.54) is 14.0 Å². The van der Waals surface area contributed by atoms with Gasteiger partial charge in [-0.25, -0.2) is 4.79 Å². The number of amides is 1. The van der Waals surface area contributed by atoms with Crippen molar-refractivity contribution in [1.29, 1.82) is 0 Å². The summed E-state index contributed by atoms with van der Waals surface area (Å²) in [5.41, 5.74) is 3.21. The molecular weight excluding hydrogens is 290 g/mol. The molecule has 0 aliphatic carbocycles. The van der Waals surface area contributed by atoms with Crippen LogP contribution >= 0.6 is 0 Å². The molecule has 0 bridgehead atoms. The summed E-state index contributed by atoms with van der Waals surface area (Å²) >= 11 is 0. The van der Waals surface area contributed by atoms with Crippen LogP contribution in [0.3, 0.4) is 0 Å². The quantitative estimate of drug-likeness (QED) is 0.863. The van der Waals surface area contributed by atoms with Crippen LogP contribution in [0.15, 0.2) is 54.6 Å². The fraction of sp³-hybridized carbons (Fsp3) is 0.263. The normalized spacial score (nSPS) is 13.0. The van der Waals surface area contributed by atoms with E-state index in [2.05, 4.69) is 5.32 Å². The summed E-state index contributed by atoms with van der Waals surface area (Å²) in [5.74, 6) is -0.885. The zero-order valence-corrected chi connectivity index (χ0v) is 13.6. The highest BCUT2D eigenvalue weighted by atomic mass is 16.5. The maximum atomic E-state index is 11.9. The number of esters is 1. The molecule has 1 amide bonds. The second kappa shape index (κ2) is 7.58. The first-order chi connectivity index (χ1) is 11.0. The second-order valence-electron chi connectivity index (χ2n) is 5.48. The number of benzene rings is 2. The average Bonchev–Trinajstić information content (AvgIpc) is 2.59. The summed E-state index contributed by atoms with van der Waals surface area (Å²) in [6, 6.07) is 17.4. The van der Waals surface area contributed by atoms with E-state index in [0.29, 0.717) is 0 Å². The Morgan fingerprint density at radius 2 is 1.52 bits per heavy atom. The van der Waals surface area contributed by atoms with E-state index in [0.717, 1.165) is 16.7 Å². The molecule has 2 aromatic carbocycles. The van der Waals surface area contributed by atoms with Gasteiger partial charge < -0.3 is 10.1 Å². The highest BCUT2D eigenvalue weighted by molar-refractivity contribution is 5.84. The van der Waals surface area contributed by atoms with E-state index in [-0.39, 0.29) is 11.8 Å². The SMILES string of the molecule is COC(=O)[C@@H](NC(C)=O)[C@@H](C)c1ccc(-c2ccccc2)cc1. The number of hydrogen-bond donors (Lipinski definition) is 1. The zero-order valence-electron chi connectivity index (χ0n) is 13.6. The molecule has 0 unspecified atom stereocenters. The monoisotopic (exact) mass is 311 g/mol. The molecule has 0 saturated heterocycles. The molecule has 23 heavy (non-hydrogen) atoms. The molecule has 120 valence electrons. The fourth-order valence-corrected chi connectivity index (χ4v) is 2.54. The molecule has 1 N–H and O–H groups in total. The van der Waals surface area contributed by atoms with Gasteiger partial charge in [-0.05, 0) is 16.7 Å². The third-order valence-electron chi connectivity index (χ3n) is 3.86. The van der Waals surface area contributed by atoms with Crippen molar-refractivity contribution >= 4 is 11.9 Å². The molecule has 0 aromatic heterocycles. The van der Waals surface area contributed by atoms with Crippen molar-refractivity contribution in [3.05, 3.63) is 60.2 Å². The summed E-state index contributed by atoms with van der Waals surface area (Å²) in [5, 5.41) is 2.66. The van der Waals surface area contributed by atoms with Gasteiger partial charge in [-0.2, -0.15) is 0 Å². The summed E-state index contributed by atoms with van der Waals surface area (Å²) in [7, 11) is 1.32. The van der Waals surface area contributed by atoms with Gasteiger partial charge in [0.15, 0.2) is 0 Å². The molecule has 0 saturated carbocycles. The lowest BCUT2D eigenvalue weighted by atomic mass is 9.91. The predicted molar refractivity (Wildman–Crippen MR) is 89.9 cm³/mol. The lowest BCUT2D eigenvalue weighted by Gasteiger charge is -2.23. The van der Waals surface area contributed by atoms with E-state index in [9.17, 15) is 9.59 Å². The van der Waals surface area contributed by atoms with Crippen molar-refractivity contribution in [3.63, 3.8) is 0 Å². The van der Waals surface area contributed by atoms with Crippen LogP contribution in [0.25, 0.3) is 11.1 Å². The second-order valence-corrected chi connectivity index (χ2v) is 5.48. The van der Waals surface area contributed by atoms with Gasteiger partial charge in [0.05, 0.1) is 7.11 Å². The largest absolute Gasteiger partial charge is 0.467 e. The molecular formula is C19H21NO3. The molecule has 2 rings (SSSR count). The Bertz CT molecular complexity index is 665. The molecule has 0 spiro atoms. The molecule has 0 aliphatic heterocycles. The lowest BCUT2D eigenvalue weighted by molar-refractivity contribution is -0.145. The highest BCUT2D eigenvalue weighted by Crippen LogP contribution is 2.25. The van der Waals surface area contributed by atoms with Gasteiger partial charge in [0.2, 0.25) is 5.91 Å². The number of nitrogens with one attached hydrogen (secondary N) is 1. The van der Waals surface area contributed by atoms with Crippen LogP contribution < -0.4 is 5.32 Å². The summed E-state index contributed by atoms with van der Waals surface area (Å²) < 4.78 is 4.80. The van der Waals surface area contributed by atoms with Gasteiger partial charge in [0.25, 0.3) is 0 Å². The smallest absolute Gasteiger partial charge is 0.328 e. The molecule has 0 aliphatic rings. The first kappa shape index (κ1) is 16.7. The van der Waals surface area contributed by atoms with Crippen LogP contribution in [0.2, 0.25) is 0 Å². The van der Waals surface area contributed by atoms with Gasteiger partial charge in [0.1, 0.15) is 6.04 Å². The third kappa shape index (κ3) is 4.19. The molecule has 0 heterocycles. The topological polar surface area (TPSA) is 55.4 Å². The van der Waals surface area contributed by atoms with E-state index >= 15 is 0 Å². The maximum Gasteiger partial charge on any atom is 0.328 e. The summed E-state index contributed by atoms with van der Waals surface area (Å²) in [6.07, 6.45) is 0. The van der Waals surface area contributed by atoms with Crippen LogP contribution in [0.4, 0.5) is 0 Å². The van der Waals surface area contributed by atoms with Crippen molar-refractivity contribution in [2.75, 3.05) is 7.11 Å². The van der Waals surface area contributed by atoms with Gasteiger partial charge >= 0.3 is 5.97 Å². The van der Waals surface area contributed by atoms with Crippen molar-refractivity contribution in [1.82, 2.24) is 5.32 Å². The van der Waals surface area contributed by atoms with Crippen LogP contribution in [0, 0.1) is 0 Å². The number of methoxy groups -OCH3 is 1. The number of ether oxygens (including phenoxy) is 1. The predicted octanol–water partition coefficient (Wildman–Crippen LogP) is 3.13. The van der Waals surface area contributed by atoms with Crippen molar-refractivity contribution < 1.29 is 14.3 Å². The van der Waals surface area contributed by atoms with Gasteiger partial charge in [-0.15, -0.1) is 0 Å². The van der Waals surface area contributed by atoms with Crippen LogP contribution in [-0.2, 0) is 14.3 Å². The Kier molecular flexibility index (Phi) is 5.52. The van der Waals surface area contributed by atoms with E-state index in [1.807, 2.05) is 61.5 Å². The molecule has 0 radical (unpaired) electrons. The minimum Gasteiger partial charge on any atom is -0.467 e. The Balaban J connectivity index is 2.22. The minimum atomic E-state index is -0.694. The van der Waals surface area contributed by atoms with E-state index < -0.39 is 12.0 Å². The third-order valence-corrected chi connectivity index (χ3v) is 3.86. The summed E-state index contributed by atoms with van der Waals surface area (Å²) in [6.45, 7) is 3.29. The Hall–Kier alpha value is -2.62. The number of carbonyl (C=O) groups excluding carboxylic acids is 2. The fourth-order valence-electron chi connectivity index (χ4n) is 2.54. The highest BCUT2D eigenvalue weighted by Gasteiger charge is 2.27. The molecule has 4 nitrogen and oxygen atoms in total. The Morgan fingerprint density at radius 3 is 2.04 bits per heavy atom. The van der Waals surface area contributed by atoms with Crippen molar-refractivity contribution in [3.8, 4) is 11.1 Å².